The van der Waals surface area contributed by atoms with E-state index in [1.165, 1.54) is 0 Å². The van der Waals surface area contributed by atoms with Crippen molar-refractivity contribution in [3.63, 3.8) is 0 Å². The van der Waals surface area contributed by atoms with E-state index >= 15 is 0 Å². The zero-order valence-electron chi connectivity index (χ0n) is 11.7. The predicted molar refractivity (Wildman–Crippen MR) is 75.0 cm³/mol. The number of aromatic nitrogens is 1. The monoisotopic (exact) mass is 282 g/mol. The molecule has 1 aromatic carbocycles. The number of alkyl halides is 3. The lowest BCUT2D eigenvalue weighted by Gasteiger charge is -2.15. The molecular weight excluding hydrogens is 265 g/mol. The molecule has 0 bridgehead atoms. The summed E-state index contributed by atoms with van der Waals surface area (Å²) in [5, 5.41) is 3.85. The van der Waals surface area contributed by atoms with E-state index in [2.05, 4.69) is 10.3 Å². The number of benzene rings is 1. The molecule has 20 heavy (non-hydrogen) atoms. The van der Waals surface area contributed by atoms with Gasteiger partial charge in [0, 0.05) is 17.6 Å². The van der Waals surface area contributed by atoms with Gasteiger partial charge in [0.05, 0.1) is 5.52 Å². The molecule has 0 aliphatic carbocycles. The molecule has 0 atom stereocenters. The molecule has 0 radical (unpaired) electrons. The number of anilines is 1. The Morgan fingerprint density at radius 3 is 2.40 bits per heavy atom. The number of nitrogens with zero attached hydrogens (tertiary/aromatic N) is 1. The molecule has 2 nitrogen and oxygen atoms in total. The number of rotatable bonds is 3. The number of halogens is 3. The topological polar surface area (TPSA) is 24.9 Å². The van der Waals surface area contributed by atoms with Crippen molar-refractivity contribution in [3.8, 4) is 0 Å². The minimum atomic E-state index is -4.44. The third-order valence-corrected chi connectivity index (χ3v) is 3.23. The van der Waals surface area contributed by atoms with Crippen LogP contribution in [0.4, 0.5) is 18.9 Å². The van der Waals surface area contributed by atoms with Gasteiger partial charge in [-0.1, -0.05) is 19.1 Å². The number of pyridine rings is 1. The van der Waals surface area contributed by atoms with Gasteiger partial charge in [-0.3, -0.25) is 0 Å². The van der Waals surface area contributed by atoms with Crippen LogP contribution in [0.15, 0.2) is 18.2 Å². The van der Waals surface area contributed by atoms with E-state index in [0.29, 0.717) is 17.7 Å². The molecule has 0 aliphatic heterocycles. The Hall–Kier alpha value is -1.78. The lowest BCUT2D eigenvalue weighted by atomic mass is 10.0. The van der Waals surface area contributed by atoms with Crippen molar-refractivity contribution in [1.82, 2.24) is 4.98 Å². The van der Waals surface area contributed by atoms with Gasteiger partial charge < -0.3 is 5.32 Å². The minimum Gasteiger partial charge on any atom is -0.384 e. The Bertz CT molecular complexity index is 633. The fourth-order valence-electron chi connectivity index (χ4n) is 2.19. The largest absolute Gasteiger partial charge is 0.433 e. The molecule has 0 saturated heterocycles. The Labute approximate surface area is 116 Å². The maximum atomic E-state index is 13.0. The number of hydrogen-bond acceptors (Lipinski definition) is 2. The van der Waals surface area contributed by atoms with Crippen LogP contribution in [0.25, 0.3) is 10.9 Å². The second-order valence-corrected chi connectivity index (χ2v) is 4.90. The van der Waals surface area contributed by atoms with Crippen molar-refractivity contribution in [2.24, 2.45) is 0 Å². The van der Waals surface area contributed by atoms with Crippen LogP contribution >= 0.6 is 0 Å². The average molecular weight is 282 g/mol. The zero-order chi connectivity index (χ0) is 14.9. The number of hydrogen-bond donors (Lipinski definition) is 1. The first-order chi connectivity index (χ1) is 9.34. The Balaban J connectivity index is 2.74. The highest BCUT2D eigenvalue weighted by Gasteiger charge is 2.33. The van der Waals surface area contributed by atoms with E-state index < -0.39 is 11.9 Å². The number of fused-ring (bicyclic) bond motifs is 1. The highest BCUT2D eigenvalue weighted by molar-refractivity contribution is 5.96. The first-order valence-electron chi connectivity index (χ1n) is 6.56. The van der Waals surface area contributed by atoms with Crippen molar-refractivity contribution >= 4 is 16.6 Å². The van der Waals surface area contributed by atoms with Crippen LogP contribution in [-0.4, -0.2) is 11.5 Å². The molecule has 1 heterocycles. The van der Waals surface area contributed by atoms with Crippen LogP contribution in [0, 0.1) is 13.8 Å². The molecule has 108 valence electrons. The van der Waals surface area contributed by atoms with E-state index in [1.54, 1.807) is 13.0 Å². The molecule has 0 amide bonds. The maximum Gasteiger partial charge on any atom is 0.433 e. The summed E-state index contributed by atoms with van der Waals surface area (Å²) in [6.07, 6.45) is -3.59. The van der Waals surface area contributed by atoms with E-state index in [4.69, 9.17) is 0 Å². The van der Waals surface area contributed by atoms with Gasteiger partial charge in [0.2, 0.25) is 0 Å². The van der Waals surface area contributed by atoms with Gasteiger partial charge in [-0.15, -0.1) is 0 Å². The molecule has 1 N–H and O–H groups in total. The molecular formula is C15H17F3N2. The van der Waals surface area contributed by atoms with Gasteiger partial charge in [0.15, 0.2) is 0 Å². The SMILES string of the molecule is CCCNc1cc(C(F)(F)F)nc2c(C)ccc(C)c12. The number of aryl methyl sites for hydroxylation is 2. The summed E-state index contributed by atoms with van der Waals surface area (Å²) >= 11 is 0. The Morgan fingerprint density at radius 1 is 1.15 bits per heavy atom. The summed E-state index contributed by atoms with van der Waals surface area (Å²) < 4.78 is 38.9. The van der Waals surface area contributed by atoms with Crippen LogP contribution in [0.1, 0.15) is 30.2 Å². The zero-order valence-corrected chi connectivity index (χ0v) is 11.7. The highest BCUT2D eigenvalue weighted by atomic mass is 19.4. The van der Waals surface area contributed by atoms with Crippen LogP contribution in [0.2, 0.25) is 0 Å². The molecule has 0 fully saturated rings. The predicted octanol–water partition coefficient (Wildman–Crippen LogP) is 4.69. The molecule has 2 rings (SSSR count). The summed E-state index contributed by atoms with van der Waals surface area (Å²) in [4.78, 5) is 3.81. The van der Waals surface area contributed by atoms with Crippen molar-refractivity contribution < 1.29 is 13.2 Å². The van der Waals surface area contributed by atoms with E-state index in [9.17, 15) is 13.2 Å². The lowest BCUT2D eigenvalue weighted by Crippen LogP contribution is -2.11. The van der Waals surface area contributed by atoms with Crippen LogP contribution in [-0.2, 0) is 6.18 Å². The summed E-state index contributed by atoms with van der Waals surface area (Å²) in [5.41, 5.74) is 1.74. The first kappa shape index (κ1) is 14.6. The van der Waals surface area contributed by atoms with Crippen molar-refractivity contribution in [3.05, 3.63) is 35.0 Å². The summed E-state index contributed by atoms with van der Waals surface area (Å²) in [6, 6.07) is 4.81. The Morgan fingerprint density at radius 2 is 1.80 bits per heavy atom. The summed E-state index contributed by atoms with van der Waals surface area (Å²) in [6.45, 7) is 6.26. The fourth-order valence-corrected chi connectivity index (χ4v) is 2.19. The second kappa shape index (κ2) is 5.31. The van der Waals surface area contributed by atoms with Gasteiger partial charge in [-0.25, -0.2) is 4.98 Å². The normalized spacial score (nSPS) is 11.9. The van der Waals surface area contributed by atoms with Gasteiger partial charge in [-0.05, 0) is 37.5 Å². The molecule has 0 saturated carbocycles. The average Bonchev–Trinajstić information content (AvgIpc) is 2.39. The van der Waals surface area contributed by atoms with Crippen LogP contribution in [0.3, 0.4) is 0 Å². The first-order valence-corrected chi connectivity index (χ1v) is 6.56. The summed E-state index contributed by atoms with van der Waals surface area (Å²) in [7, 11) is 0. The Kier molecular flexibility index (Phi) is 3.88. The quantitative estimate of drug-likeness (QED) is 0.883. The van der Waals surface area contributed by atoms with Gasteiger partial charge in [0.1, 0.15) is 5.69 Å². The maximum absolute atomic E-state index is 13.0. The molecule has 0 unspecified atom stereocenters. The second-order valence-electron chi connectivity index (χ2n) is 4.90. The summed E-state index contributed by atoms with van der Waals surface area (Å²) in [5.74, 6) is 0. The van der Waals surface area contributed by atoms with Crippen molar-refractivity contribution in [2.75, 3.05) is 11.9 Å². The molecule has 0 aliphatic rings. The van der Waals surface area contributed by atoms with E-state index in [0.717, 1.165) is 29.0 Å². The highest BCUT2D eigenvalue weighted by Crippen LogP contribution is 2.35. The van der Waals surface area contributed by atoms with Gasteiger partial charge >= 0.3 is 6.18 Å². The number of nitrogens with one attached hydrogen (secondary N) is 1. The molecule has 0 spiro atoms. The van der Waals surface area contributed by atoms with E-state index in [1.807, 2.05) is 19.9 Å². The minimum absolute atomic E-state index is 0.415. The third kappa shape index (κ3) is 2.71. The van der Waals surface area contributed by atoms with Crippen molar-refractivity contribution in [2.45, 2.75) is 33.4 Å². The van der Waals surface area contributed by atoms with Crippen LogP contribution in [0.5, 0.6) is 0 Å². The van der Waals surface area contributed by atoms with E-state index in [-0.39, 0.29) is 0 Å². The smallest absolute Gasteiger partial charge is 0.384 e. The standard InChI is InChI=1S/C15H17F3N2/c1-4-7-19-11-8-12(15(16,17)18)20-14-10(3)6-5-9(2)13(11)14/h5-6,8H,4,7H2,1-3H3,(H,19,20). The third-order valence-electron chi connectivity index (χ3n) is 3.23. The fraction of sp³-hybridized carbons (Fsp3) is 0.400. The van der Waals surface area contributed by atoms with Gasteiger partial charge in [0.25, 0.3) is 0 Å². The molecule has 2 aromatic rings. The lowest BCUT2D eigenvalue weighted by molar-refractivity contribution is -0.140. The van der Waals surface area contributed by atoms with Crippen molar-refractivity contribution in [1.29, 1.82) is 0 Å². The van der Waals surface area contributed by atoms with Gasteiger partial charge in [-0.2, -0.15) is 13.2 Å². The molecule has 5 heteroatoms. The van der Waals surface area contributed by atoms with Crippen LogP contribution < -0.4 is 5.32 Å². The molecule has 1 aromatic heterocycles.